The fourth-order valence-electron chi connectivity index (χ4n) is 3.45. The molecule has 0 N–H and O–H groups in total. The molecule has 4 rings (SSSR count). The van der Waals surface area contributed by atoms with Crippen molar-refractivity contribution >= 4 is 11.9 Å². The summed E-state index contributed by atoms with van der Waals surface area (Å²) in [4.78, 5) is 27.0. The molecule has 0 spiro atoms. The lowest BCUT2D eigenvalue weighted by Crippen LogP contribution is -2.36. The summed E-state index contributed by atoms with van der Waals surface area (Å²) in [5.41, 5.74) is 2.35. The van der Waals surface area contributed by atoms with Crippen LogP contribution in [0.2, 0.25) is 0 Å². The van der Waals surface area contributed by atoms with Gasteiger partial charge in [0.25, 0.3) is 5.91 Å². The van der Waals surface area contributed by atoms with Gasteiger partial charge in [0.15, 0.2) is 6.61 Å². The first kappa shape index (κ1) is 22.4. The standard InChI is InChI=1S/C27H27NO5/c1-31-24-15-9-20(10-16-24)17-28(23-13-14-23)26(29)19-33-27(30)22-11-7-21(8-12-22)18-32-25-5-3-2-4-6-25/h2-12,15-16,23H,13-14,17-19H2,1H3. The van der Waals surface area contributed by atoms with E-state index in [4.69, 9.17) is 14.2 Å². The van der Waals surface area contributed by atoms with Gasteiger partial charge in [-0.1, -0.05) is 42.5 Å². The van der Waals surface area contributed by atoms with Gasteiger partial charge in [-0.2, -0.15) is 0 Å². The molecule has 0 saturated heterocycles. The maximum atomic E-state index is 12.8. The van der Waals surface area contributed by atoms with Gasteiger partial charge in [-0.05, 0) is 60.4 Å². The van der Waals surface area contributed by atoms with Crippen molar-refractivity contribution in [1.82, 2.24) is 4.90 Å². The zero-order valence-corrected chi connectivity index (χ0v) is 18.6. The molecule has 0 unspecified atom stereocenters. The molecule has 1 aliphatic carbocycles. The van der Waals surface area contributed by atoms with E-state index in [0.717, 1.165) is 35.5 Å². The van der Waals surface area contributed by atoms with E-state index in [1.54, 1.807) is 24.1 Å². The van der Waals surface area contributed by atoms with Crippen LogP contribution in [-0.2, 0) is 22.7 Å². The Labute approximate surface area is 193 Å². The lowest BCUT2D eigenvalue weighted by molar-refractivity contribution is -0.135. The highest BCUT2D eigenvalue weighted by Crippen LogP contribution is 2.29. The Hall–Kier alpha value is -3.80. The molecule has 3 aromatic carbocycles. The zero-order valence-electron chi connectivity index (χ0n) is 18.6. The van der Waals surface area contributed by atoms with Gasteiger partial charge in [-0.15, -0.1) is 0 Å². The number of para-hydroxylation sites is 1. The molecule has 6 nitrogen and oxygen atoms in total. The Morgan fingerprint density at radius 1 is 0.848 bits per heavy atom. The number of hydrogen-bond acceptors (Lipinski definition) is 5. The summed E-state index contributed by atoms with van der Waals surface area (Å²) in [6.45, 7) is 0.616. The average Bonchev–Trinajstić information content (AvgIpc) is 3.71. The van der Waals surface area contributed by atoms with E-state index in [2.05, 4.69) is 0 Å². The maximum Gasteiger partial charge on any atom is 0.338 e. The minimum absolute atomic E-state index is 0.186. The number of hydrogen-bond donors (Lipinski definition) is 0. The fourth-order valence-corrected chi connectivity index (χ4v) is 3.45. The molecule has 1 saturated carbocycles. The van der Waals surface area contributed by atoms with Gasteiger partial charge in [0.2, 0.25) is 0 Å². The van der Waals surface area contributed by atoms with E-state index >= 15 is 0 Å². The molecule has 0 atom stereocenters. The number of carbonyl (C=O) groups excluding carboxylic acids is 2. The molecule has 0 aromatic heterocycles. The van der Waals surface area contributed by atoms with Crippen LogP contribution in [0.4, 0.5) is 0 Å². The third kappa shape index (κ3) is 6.35. The number of amides is 1. The predicted octanol–water partition coefficient (Wildman–Crippen LogP) is 4.62. The van der Waals surface area contributed by atoms with Gasteiger partial charge in [0.1, 0.15) is 18.1 Å². The summed E-state index contributed by atoms with van der Waals surface area (Å²) in [6, 6.07) is 24.4. The van der Waals surface area contributed by atoms with E-state index in [-0.39, 0.29) is 18.6 Å². The molecule has 1 aliphatic rings. The summed E-state index contributed by atoms with van der Waals surface area (Å²) in [5.74, 6) is 0.859. The number of rotatable bonds is 10. The Bertz CT molecular complexity index is 1060. The second kappa shape index (κ2) is 10.7. The Kier molecular flexibility index (Phi) is 7.25. The van der Waals surface area contributed by atoms with Crippen molar-refractivity contribution in [2.75, 3.05) is 13.7 Å². The van der Waals surface area contributed by atoms with Crippen molar-refractivity contribution in [1.29, 1.82) is 0 Å². The average molecular weight is 446 g/mol. The summed E-state index contributed by atoms with van der Waals surface area (Å²) in [7, 11) is 1.62. The molecular weight excluding hydrogens is 418 g/mol. The number of methoxy groups -OCH3 is 1. The predicted molar refractivity (Wildman–Crippen MR) is 124 cm³/mol. The molecule has 3 aromatic rings. The summed E-state index contributed by atoms with van der Waals surface area (Å²) in [5, 5.41) is 0. The third-order valence-corrected chi connectivity index (χ3v) is 5.49. The van der Waals surface area contributed by atoms with E-state index in [0.29, 0.717) is 18.7 Å². The van der Waals surface area contributed by atoms with Crippen molar-refractivity contribution in [3.8, 4) is 11.5 Å². The minimum atomic E-state index is -0.515. The van der Waals surface area contributed by atoms with E-state index < -0.39 is 5.97 Å². The molecule has 0 heterocycles. The van der Waals surface area contributed by atoms with Gasteiger partial charge in [-0.25, -0.2) is 4.79 Å². The zero-order chi connectivity index (χ0) is 23.0. The first-order chi connectivity index (χ1) is 16.1. The molecule has 0 aliphatic heterocycles. The van der Waals surface area contributed by atoms with Crippen LogP contribution in [0.25, 0.3) is 0 Å². The number of benzene rings is 3. The highest BCUT2D eigenvalue weighted by atomic mass is 16.5. The van der Waals surface area contributed by atoms with Crippen LogP contribution in [0.3, 0.4) is 0 Å². The van der Waals surface area contributed by atoms with Gasteiger partial charge >= 0.3 is 5.97 Å². The van der Waals surface area contributed by atoms with Gasteiger partial charge in [0, 0.05) is 12.6 Å². The van der Waals surface area contributed by atoms with Crippen molar-refractivity contribution in [2.24, 2.45) is 0 Å². The Balaban J connectivity index is 1.28. The fraction of sp³-hybridized carbons (Fsp3) is 0.259. The van der Waals surface area contributed by atoms with Crippen molar-refractivity contribution in [2.45, 2.75) is 32.0 Å². The third-order valence-electron chi connectivity index (χ3n) is 5.49. The number of esters is 1. The van der Waals surface area contributed by atoms with Gasteiger partial charge in [0.05, 0.1) is 12.7 Å². The molecule has 33 heavy (non-hydrogen) atoms. The largest absolute Gasteiger partial charge is 0.497 e. The summed E-state index contributed by atoms with van der Waals surface area (Å²) < 4.78 is 16.2. The topological polar surface area (TPSA) is 65.1 Å². The monoisotopic (exact) mass is 445 g/mol. The van der Waals surface area contributed by atoms with Crippen LogP contribution < -0.4 is 9.47 Å². The van der Waals surface area contributed by atoms with Crippen LogP contribution in [0.5, 0.6) is 11.5 Å². The van der Waals surface area contributed by atoms with Crippen LogP contribution in [-0.4, -0.2) is 36.5 Å². The quantitative estimate of drug-likeness (QED) is 0.426. The second-order valence-corrected chi connectivity index (χ2v) is 7.98. The minimum Gasteiger partial charge on any atom is -0.497 e. The van der Waals surface area contributed by atoms with Gasteiger partial charge < -0.3 is 19.1 Å². The highest BCUT2D eigenvalue weighted by Gasteiger charge is 2.33. The Morgan fingerprint density at radius 3 is 2.15 bits per heavy atom. The number of ether oxygens (including phenoxy) is 3. The van der Waals surface area contributed by atoms with Gasteiger partial charge in [-0.3, -0.25) is 4.79 Å². The van der Waals surface area contributed by atoms with E-state index in [1.165, 1.54) is 0 Å². The first-order valence-electron chi connectivity index (χ1n) is 11.0. The molecule has 1 amide bonds. The van der Waals surface area contributed by atoms with E-state index in [9.17, 15) is 9.59 Å². The molecule has 6 heteroatoms. The van der Waals surface area contributed by atoms with Crippen molar-refractivity contribution < 1.29 is 23.8 Å². The highest BCUT2D eigenvalue weighted by molar-refractivity contribution is 5.91. The molecular formula is C27H27NO5. The van der Waals surface area contributed by atoms with Crippen LogP contribution in [0.1, 0.15) is 34.3 Å². The van der Waals surface area contributed by atoms with Crippen molar-refractivity contribution in [3.63, 3.8) is 0 Å². The molecule has 0 radical (unpaired) electrons. The smallest absolute Gasteiger partial charge is 0.338 e. The summed E-state index contributed by atoms with van der Waals surface area (Å²) in [6.07, 6.45) is 1.95. The lowest BCUT2D eigenvalue weighted by Gasteiger charge is -2.22. The SMILES string of the molecule is COc1ccc(CN(C(=O)COC(=O)c2ccc(COc3ccccc3)cc2)C2CC2)cc1. The second-order valence-electron chi connectivity index (χ2n) is 7.98. The normalized spacial score (nSPS) is 12.6. The number of nitrogens with zero attached hydrogens (tertiary/aromatic N) is 1. The first-order valence-corrected chi connectivity index (χ1v) is 11.0. The lowest BCUT2D eigenvalue weighted by atomic mass is 10.1. The van der Waals surface area contributed by atoms with Crippen molar-refractivity contribution in [3.05, 3.63) is 95.6 Å². The maximum absolute atomic E-state index is 12.8. The Morgan fingerprint density at radius 2 is 1.52 bits per heavy atom. The van der Waals surface area contributed by atoms with Crippen LogP contribution >= 0.6 is 0 Å². The van der Waals surface area contributed by atoms with Crippen LogP contribution in [0.15, 0.2) is 78.9 Å². The van der Waals surface area contributed by atoms with Crippen LogP contribution in [0, 0.1) is 0 Å². The summed E-state index contributed by atoms with van der Waals surface area (Å²) >= 11 is 0. The molecule has 170 valence electrons. The molecule has 1 fully saturated rings. The number of carbonyl (C=O) groups is 2. The molecule has 0 bridgehead atoms. The van der Waals surface area contributed by atoms with E-state index in [1.807, 2.05) is 66.7 Å².